The Kier molecular flexibility index (Phi) is 5.30. The molecule has 0 saturated heterocycles. The Hall–Kier alpha value is -1.62. The first-order chi connectivity index (χ1) is 8.95. The van der Waals surface area contributed by atoms with Crippen molar-refractivity contribution in [3.8, 4) is 0 Å². The molecule has 19 heavy (non-hydrogen) atoms. The average molecular weight is 285 g/mol. The molecular formula is C13H17ClN2O3. The SMILES string of the molecule is CCC(CC)(CNC(=O)c1cc(Cl)ccn1)C(=O)O. The molecule has 5 nitrogen and oxygen atoms in total. The lowest BCUT2D eigenvalue weighted by molar-refractivity contribution is -0.149. The maximum Gasteiger partial charge on any atom is 0.311 e. The zero-order chi connectivity index (χ0) is 14.5. The van der Waals surface area contributed by atoms with Crippen molar-refractivity contribution in [3.05, 3.63) is 29.0 Å². The topological polar surface area (TPSA) is 79.3 Å². The van der Waals surface area contributed by atoms with Gasteiger partial charge in [0.15, 0.2) is 0 Å². The van der Waals surface area contributed by atoms with E-state index in [-0.39, 0.29) is 12.2 Å². The lowest BCUT2D eigenvalue weighted by Crippen LogP contribution is -2.42. The van der Waals surface area contributed by atoms with Crippen LogP contribution in [0.3, 0.4) is 0 Å². The van der Waals surface area contributed by atoms with Gasteiger partial charge in [0.2, 0.25) is 0 Å². The molecule has 0 spiro atoms. The van der Waals surface area contributed by atoms with Gasteiger partial charge in [-0.1, -0.05) is 25.4 Å². The van der Waals surface area contributed by atoms with Crippen LogP contribution in [0.4, 0.5) is 0 Å². The lowest BCUT2D eigenvalue weighted by atomic mass is 9.82. The fraction of sp³-hybridized carbons (Fsp3) is 0.462. The monoisotopic (exact) mass is 284 g/mol. The van der Waals surface area contributed by atoms with Gasteiger partial charge in [0, 0.05) is 17.8 Å². The maximum absolute atomic E-state index is 11.9. The zero-order valence-electron chi connectivity index (χ0n) is 10.9. The average Bonchev–Trinajstić information content (AvgIpc) is 2.40. The van der Waals surface area contributed by atoms with Crippen molar-refractivity contribution in [2.75, 3.05) is 6.54 Å². The van der Waals surface area contributed by atoms with Gasteiger partial charge >= 0.3 is 5.97 Å². The van der Waals surface area contributed by atoms with E-state index in [9.17, 15) is 14.7 Å². The predicted molar refractivity (Wildman–Crippen MR) is 72.2 cm³/mol. The fourth-order valence-corrected chi connectivity index (χ4v) is 1.91. The summed E-state index contributed by atoms with van der Waals surface area (Å²) >= 11 is 5.77. The third-order valence-electron chi connectivity index (χ3n) is 3.35. The number of nitrogens with one attached hydrogen (secondary N) is 1. The number of halogens is 1. The Morgan fingerprint density at radius 1 is 1.42 bits per heavy atom. The Morgan fingerprint density at radius 3 is 2.53 bits per heavy atom. The molecule has 1 amide bonds. The summed E-state index contributed by atoms with van der Waals surface area (Å²) in [6.07, 6.45) is 2.32. The van der Waals surface area contributed by atoms with Crippen LogP contribution in [0.2, 0.25) is 5.02 Å². The Morgan fingerprint density at radius 2 is 2.05 bits per heavy atom. The Balaban J connectivity index is 2.75. The highest BCUT2D eigenvalue weighted by Gasteiger charge is 2.35. The second kappa shape index (κ2) is 6.52. The predicted octanol–water partition coefficient (Wildman–Crippen LogP) is 2.36. The molecule has 0 bridgehead atoms. The van der Waals surface area contributed by atoms with E-state index in [4.69, 9.17) is 11.6 Å². The number of aromatic nitrogens is 1. The van der Waals surface area contributed by atoms with Gasteiger partial charge in [-0.05, 0) is 25.0 Å². The van der Waals surface area contributed by atoms with Crippen molar-refractivity contribution < 1.29 is 14.7 Å². The first-order valence-corrected chi connectivity index (χ1v) is 6.46. The third kappa shape index (κ3) is 3.67. The summed E-state index contributed by atoms with van der Waals surface area (Å²) in [5.74, 6) is -1.33. The number of hydrogen-bond acceptors (Lipinski definition) is 3. The smallest absolute Gasteiger partial charge is 0.311 e. The first kappa shape index (κ1) is 15.4. The van der Waals surface area contributed by atoms with E-state index < -0.39 is 17.3 Å². The molecule has 1 aromatic heterocycles. The van der Waals surface area contributed by atoms with Crippen LogP contribution in [0.15, 0.2) is 18.3 Å². The van der Waals surface area contributed by atoms with E-state index in [1.807, 2.05) is 0 Å². The number of aliphatic carboxylic acids is 1. The molecule has 0 fully saturated rings. The molecule has 0 aliphatic heterocycles. The van der Waals surface area contributed by atoms with Crippen LogP contribution in [0.25, 0.3) is 0 Å². The summed E-state index contributed by atoms with van der Waals surface area (Å²) in [6.45, 7) is 3.66. The molecule has 104 valence electrons. The fourth-order valence-electron chi connectivity index (χ4n) is 1.75. The number of carboxylic acid groups (broad SMARTS) is 1. The van der Waals surface area contributed by atoms with Gasteiger partial charge in [-0.15, -0.1) is 0 Å². The highest BCUT2D eigenvalue weighted by atomic mass is 35.5. The van der Waals surface area contributed by atoms with E-state index >= 15 is 0 Å². The number of amides is 1. The minimum absolute atomic E-state index is 0.0718. The number of rotatable bonds is 6. The second-order valence-electron chi connectivity index (χ2n) is 4.33. The van der Waals surface area contributed by atoms with Crippen LogP contribution in [-0.4, -0.2) is 28.5 Å². The van der Waals surface area contributed by atoms with Crippen molar-refractivity contribution in [2.45, 2.75) is 26.7 Å². The van der Waals surface area contributed by atoms with Crippen molar-refractivity contribution >= 4 is 23.5 Å². The van der Waals surface area contributed by atoms with Crippen molar-refractivity contribution in [1.82, 2.24) is 10.3 Å². The van der Waals surface area contributed by atoms with Gasteiger partial charge in [0.25, 0.3) is 5.91 Å². The lowest BCUT2D eigenvalue weighted by Gasteiger charge is -2.26. The quantitative estimate of drug-likeness (QED) is 0.840. The summed E-state index contributed by atoms with van der Waals surface area (Å²) in [4.78, 5) is 27.1. The highest BCUT2D eigenvalue weighted by molar-refractivity contribution is 6.30. The van der Waals surface area contributed by atoms with Crippen LogP contribution < -0.4 is 5.32 Å². The summed E-state index contributed by atoms with van der Waals surface area (Å²) < 4.78 is 0. The van der Waals surface area contributed by atoms with Crippen molar-refractivity contribution in [3.63, 3.8) is 0 Å². The number of hydrogen-bond donors (Lipinski definition) is 2. The molecule has 1 aromatic rings. The summed E-state index contributed by atoms with van der Waals surface area (Å²) in [5, 5.41) is 12.3. The van der Waals surface area contributed by atoms with Gasteiger partial charge in [0.05, 0.1) is 5.41 Å². The Bertz CT molecular complexity index is 473. The molecule has 0 saturated carbocycles. The number of carbonyl (C=O) groups is 2. The highest BCUT2D eigenvalue weighted by Crippen LogP contribution is 2.25. The van der Waals surface area contributed by atoms with E-state index in [1.54, 1.807) is 19.9 Å². The standard InChI is InChI=1S/C13H17ClN2O3/c1-3-13(4-2,12(18)19)8-16-11(17)10-7-9(14)5-6-15-10/h5-7H,3-4,8H2,1-2H3,(H,16,17)(H,18,19). The molecule has 1 rings (SSSR count). The number of carbonyl (C=O) groups excluding carboxylic acids is 1. The molecule has 2 N–H and O–H groups in total. The minimum Gasteiger partial charge on any atom is -0.481 e. The number of pyridine rings is 1. The van der Waals surface area contributed by atoms with Crippen LogP contribution in [0.1, 0.15) is 37.2 Å². The van der Waals surface area contributed by atoms with Crippen LogP contribution in [-0.2, 0) is 4.79 Å². The summed E-state index contributed by atoms with van der Waals surface area (Å²) in [7, 11) is 0. The molecule has 0 aromatic carbocycles. The summed E-state index contributed by atoms with van der Waals surface area (Å²) in [5.41, 5.74) is -0.757. The maximum atomic E-state index is 11.9. The minimum atomic E-state index is -0.936. The number of carboxylic acids is 1. The van der Waals surface area contributed by atoms with Gasteiger partial charge in [-0.2, -0.15) is 0 Å². The molecule has 1 heterocycles. The van der Waals surface area contributed by atoms with E-state index in [2.05, 4.69) is 10.3 Å². The van der Waals surface area contributed by atoms with Crippen molar-refractivity contribution in [2.24, 2.45) is 5.41 Å². The van der Waals surface area contributed by atoms with Crippen molar-refractivity contribution in [1.29, 1.82) is 0 Å². The van der Waals surface area contributed by atoms with Gasteiger partial charge < -0.3 is 10.4 Å². The van der Waals surface area contributed by atoms with Gasteiger partial charge in [-0.3, -0.25) is 14.6 Å². The van der Waals surface area contributed by atoms with Gasteiger partial charge in [-0.25, -0.2) is 0 Å². The largest absolute Gasteiger partial charge is 0.481 e. The van der Waals surface area contributed by atoms with E-state index in [0.717, 1.165) is 0 Å². The van der Waals surface area contributed by atoms with Crippen LogP contribution in [0.5, 0.6) is 0 Å². The van der Waals surface area contributed by atoms with E-state index in [1.165, 1.54) is 12.3 Å². The summed E-state index contributed by atoms with van der Waals surface area (Å²) in [6, 6.07) is 3.01. The molecule has 0 radical (unpaired) electrons. The molecule has 0 unspecified atom stereocenters. The molecule has 0 atom stereocenters. The zero-order valence-corrected chi connectivity index (χ0v) is 11.7. The molecule has 0 aliphatic carbocycles. The first-order valence-electron chi connectivity index (χ1n) is 6.08. The van der Waals surface area contributed by atoms with Crippen LogP contribution in [0, 0.1) is 5.41 Å². The van der Waals surface area contributed by atoms with Gasteiger partial charge in [0.1, 0.15) is 5.69 Å². The molecule has 6 heteroatoms. The van der Waals surface area contributed by atoms with E-state index in [0.29, 0.717) is 17.9 Å². The third-order valence-corrected chi connectivity index (χ3v) is 3.58. The van der Waals surface area contributed by atoms with Crippen LogP contribution >= 0.6 is 11.6 Å². The number of nitrogens with zero attached hydrogens (tertiary/aromatic N) is 1. The molecule has 0 aliphatic rings. The second-order valence-corrected chi connectivity index (χ2v) is 4.77. The molecular weight excluding hydrogens is 268 g/mol. The Labute approximate surface area is 117 Å². The normalized spacial score (nSPS) is 11.1.